The first kappa shape index (κ1) is 57.0. The van der Waals surface area contributed by atoms with Crippen LogP contribution in [0.25, 0.3) is 0 Å². The summed E-state index contributed by atoms with van der Waals surface area (Å²) < 4.78 is 5.43. The SMILES string of the molecule is CCCCCCCCCCCCCCCCCC(=O)O.CCCCCCCCCCCCCCCCCC(=O)OCCCCCCCCCCCCCC(C)C. The number of hydrogen-bond donors (Lipinski definition) is 1. The van der Waals surface area contributed by atoms with Crippen molar-refractivity contribution in [2.75, 3.05) is 6.61 Å². The quantitative estimate of drug-likeness (QED) is 0.0492. The molecule has 0 atom stereocenters. The Morgan fingerprint density at radius 2 is 0.607 bits per heavy atom. The lowest BCUT2D eigenvalue weighted by Gasteiger charge is -2.06. The van der Waals surface area contributed by atoms with Gasteiger partial charge in [0.05, 0.1) is 6.61 Å². The fraction of sp³-hybridized carbons (Fsp3) is 0.962. The van der Waals surface area contributed by atoms with Crippen LogP contribution in [0.5, 0.6) is 0 Å². The summed E-state index contributed by atoms with van der Waals surface area (Å²) in [6, 6.07) is 0. The normalized spacial score (nSPS) is 11.2. The van der Waals surface area contributed by atoms with Crippen LogP contribution in [0.2, 0.25) is 0 Å². The molecule has 56 heavy (non-hydrogen) atoms. The minimum atomic E-state index is -0.653. The highest BCUT2D eigenvalue weighted by Gasteiger charge is 2.03. The largest absolute Gasteiger partial charge is 0.481 e. The minimum Gasteiger partial charge on any atom is -0.481 e. The van der Waals surface area contributed by atoms with Crippen molar-refractivity contribution in [1.82, 2.24) is 0 Å². The topological polar surface area (TPSA) is 63.6 Å². The van der Waals surface area contributed by atoms with Gasteiger partial charge in [0.25, 0.3) is 0 Å². The zero-order chi connectivity index (χ0) is 41.3. The van der Waals surface area contributed by atoms with Gasteiger partial charge in [-0.25, -0.2) is 0 Å². The fourth-order valence-electron chi connectivity index (χ4n) is 7.79. The van der Waals surface area contributed by atoms with Gasteiger partial charge in [-0.05, 0) is 25.2 Å². The number of hydrogen-bond acceptors (Lipinski definition) is 3. The van der Waals surface area contributed by atoms with Crippen LogP contribution in [-0.2, 0) is 14.3 Å². The molecule has 336 valence electrons. The van der Waals surface area contributed by atoms with Gasteiger partial charge < -0.3 is 9.84 Å². The molecular weight excluding hydrogens is 689 g/mol. The molecule has 0 spiro atoms. The number of rotatable bonds is 46. The van der Waals surface area contributed by atoms with Crippen molar-refractivity contribution in [3.8, 4) is 0 Å². The van der Waals surface area contributed by atoms with Crippen LogP contribution >= 0.6 is 0 Å². The van der Waals surface area contributed by atoms with Gasteiger partial charge >= 0.3 is 11.9 Å². The number of carbonyl (C=O) groups excluding carboxylic acids is 1. The molecule has 0 aromatic rings. The molecule has 0 bridgehead atoms. The highest BCUT2D eigenvalue weighted by molar-refractivity contribution is 5.69. The molecule has 0 radical (unpaired) electrons. The average Bonchev–Trinajstić information content (AvgIpc) is 3.18. The van der Waals surface area contributed by atoms with Gasteiger partial charge in [0.2, 0.25) is 0 Å². The molecule has 0 aromatic carbocycles. The Morgan fingerprint density at radius 3 is 0.893 bits per heavy atom. The Hall–Kier alpha value is -1.06. The van der Waals surface area contributed by atoms with Crippen molar-refractivity contribution in [2.24, 2.45) is 5.92 Å². The van der Waals surface area contributed by atoms with Crippen LogP contribution in [0.4, 0.5) is 0 Å². The van der Waals surface area contributed by atoms with E-state index < -0.39 is 5.97 Å². The number of carbonyl (C=O) groups is 2. The van der Waals surface area contributed by atoms with Crippen LogP contribution in [0.1, 0.15) is 310 Å². The molecular formula is C52H104O4. The van der Waals surface area contributed by atoms with E-state index in [9.17, 15) is 9.59 Å². The Kier molecular flexibility index (Phi) is 52.9. The Balaban J connectivity index is 0. The van der Waals surface area contributed by atoms with E-state index in [2.05, 4.69) is 27.7 Å². The Labute approximate surface area is 353 Å². The van der Waals surface area contributed by atoms with Crippen LogP contribution in [0, 0.1) is 5.92 Å². The predicted octanol–water partition coefficient (Wildman–Crippen LogP) is 18.5. The first-order valence-electron chi connectivity index (χ1n) is 25.8. The summed E-state index contributed by atoms with van der Waals surface area (Å²) in [5, 5.41) is 8.52. The van der Waals surface area contributed by atoms with Crippen molar-refractivity contribution in [1.29, 1.82) is 0 Å². The van der Waals surface area contributed by atoms with Gasteiger partial charge in [-0.1, -0.05) is 278 Å². The van der Waals surface area contributed by atoms with E-state index in [1.54, 1.807) is 0 Å². The van der Waals surface area contributed by atoms with E-state index in [1.807, 2.05) is 0 Å². The van der Waals surface area contributed by atoms with E-state index in [0.717, 1.165) is 31.6 Å². The lowest BCUT2D eigenvalue weighted by molar-refractivity contribution is -0.144. The lowest BCUT2D eigenvalue weighted by atomic mass is 10.0. The summed E-state index contributed by atoms with van der Waals surface area (Å²) in [6.07, 6.45) is 57.4. The third kappa shape index (κ3) is 57.3. The fourth-order valence-corrected chi connectivity index (χ4v) is 7.79. The molecule has 4 heteroatoms. The molecule has 0 saturated carbocycles. The first-order valence-corrected chi connectivity index (χ1v) is 25.8. The summed E-state index contributed by atoms with van der Waals surface area (Å²) in [5.41, 5.74) is 0. The molecule has 0 fully saturated rings. The van der Waals surface area contributed by atoms with Crippen molar-refractivity contribution in [3.05, 3.63) is 0 Å². The average molecular weight is 793 g/mol. The first-order chi connectivity index (χ1) is 27.4. The highest BCUT2D eigenvalue weighted by Crippen LogP contribution is 2.17. The molecule has 0 aliphatic heterocycles. The minimum absolute atomic E-state index is 0.0260. The molecule has 0 aromatic heterocycles. The van der Waals surface area contributed by atoms with Crippen molar-refractivity contribution in [3.63, 3.8) is 0 Å². The molecule has 0 aliphatic carbocycles. The third-order valence-corrected chi connectivity index (χ3v) is 11.7. The predicted molar refractivity (Wildman–Crippen MR) is 248 cm³/mol. The van der Waals surface area contributed by atoms with Crippen molar-refractivity contribution in [2.45, 2.75) is 310 Å². The van der Waals surface area contributed by atoms with Crippen molar-refractivity contribution >= 4 is 11.9 Å². The molecule has 0 unspecified atom stereocenters. The molecule has 0 amide bonds. The number of carboxylic acids is 1. The summed E-state index contributed by atoms with van der Waals surface area (Å²) in [4.78, 5) is 22.2. The number of unbranched alkanes of at least 4 members (excludes halogenated alkanes) is 38. The van der Waals surface area contributed by atoms with E-state index in [1.165, 1.54) is 244 Å². The zero-order valence-corrected chi connectivity index (χ0v) is 39.1. The lowest BCUT2D eigenvalue weighted by Crippen LogP contribution is -2.05. The number of carboxylic acid groups (broad SMARTS) is 1. The van der Waals surface area contributed by atoms with Gasteiger partial charge in [0.1, 0.15) is 0 Å². The van der Waals surface area contributed by atoms with Crippen molar-refractivity contribution < 1.29 is 19.4 Å². The molecule has 1 N–H and O–H groups in total. The van der Waals surface area contributed by atoms with Crippen LogP contribution in [0.15, 0.2) is 0 Å². The Bertz CT molecular complexity index is 734. The number of esters is 1. The van der Waals surface area contributed by atoms with E-state index >= 15 is 0 Å². The molecule has 0 saturated heterocycles. The highest BCUT2D eigenvalue weighted by atomic mass is 16.5. The Morgan fingerprint density at radius 1 is 0.357 bits per heavy atom. The van der Waals surface area contributed by atoms with Crippen LogP contribution in [0.3, 0.4) is 0 Å². The summed E-state index contributed by atoms with van der Waals surface area (Å²) in [5.74, 6) is 0.241. The molecule has 0 aliphatic rings. The van der Waals surface area contributed by atoms with Gasteiger partial charge in [-0.15, -0.1) is 0 Å². The van der Waals surface area contributed by atoms with Crippen LogP contribution in [-0.4, -0.2) is 23.7 Å². The maximum Gasteiger partial charge on any atom is 0.305 e. The van der Waals surface area contributed by atoms with E-state index in [-0.39, 0.29) is 5.97 Å². The van der Waals surface area contributed by atoms with E-state index in [4.69, 9.17) is 9.84 Å². The number of ether oxygens (including phenoxy) is 1. The standard InChI is InChI=1S/C34H68O2.C18H36O2/c1-4-5-6-7-8-9-10-11-12-13-16-19-22-25-28-31-34(35)36-32-29-26-23-20-17-14-15-18-21-24-27-30-33(2)3;1-2-3-4-5-6-7-8-9-10-11-12-13-14-15-16-17-18(19)20/h33H,4-32H2,1-3H3;2-17H2,1H3,(H,19,20). The second kappa shape index (κ2) is 52.0. The van der Waals surface area contributed by atoms with Gasteiger partial charge in [0.15, 0.2) is 0 Å². The monoisotopic (exact) mass is 793 g/mol. The van der Waals surface area contributed by atoms with Gasteiger partial charge in [0, 0.05) is 12.8 Å². The van der Waals surface area contributed by atoms with Gasteiger partial charge in [-0.3, -0.25) is 9.59 Å². The second-order valence-electron chi connectivity index (χ2n) is 18.1. The van der Waals surface area contributed by atoms with Gasteiger partial charge in [-0.2, -0.15) is 0 Å². The smallest absolute Gasteiger partial charge is 0.305 e. The summed E-state index contributed by atoms with van der Waals surface area (Å²) >= 11 is 0. The maximum atomic E-state index is 11.9. The van der Waals surface area contributed by atoms with Crippen LogP contribution < -0.4 is 0 Å². The second-order valence-corrected chi connectivity index (χ2v) is 18.1. The maximum absolute atomic E-state index is 11.9. The molecule has 0 heterocycles. The number of aliphatic carboxylic acids is 1. The van der Waals surface area contributed by atoms with E-state index in [0.29, 0.717) is 19.4 Å². The zero-order valence-electron chi connectivity index (χ0n) is 39.1. The summed E-state index contributed by atoms with van der Waals surface area (Å²) in [7, 11) is 0. The molecule has 0 rings (SSSR count). The third-order valence-electron chi connectivity index (χ3n) is 11.7. The molecule has 4 nitrogen and oxygen atoms in total. The summed E-state index contributed by atoms with van der Waals surface area (Å²) in [6.45, 7) is 9.84.